The van der Waals surface area contributed by atoms with E-state index in [4.69, 9.17) is 9.94 Å². The number of nitrogens with zero attached hydrogens (tertiary/aromatic N) is 1. The molecule has 198 valence electrons. The Balaban J connectivity index is 1.22. The van der Waals surface area contributed by atoms with Gasteiger partial charge in [-0.1, -0.05) is 73.6 Å². The highest BCUT2D eigenvalue weighted by molar-refractivity contribution is 5.84. The summed E-state index contributed by atoms with van der Waals surface area (Å²) in [7, 11) is 0. The van der Waals surface area contributed by atoms with E-state index in [0.29, 0.717) is 13.2 Å². The number of hydrogen-bond acceptors (Lipinski definition) is 5. The summed E-state index contributed by atoms with van der Waals surface area (Å²) >= 11 is 0. The molecule has 1 aromatic heterocycles. The Morgan fingerprint density at radius 1 is 1.03 bits per heavy atom. The highest BCUT2D eigenvalue weighted by Crippen LogP contribution is 2.30. The molecule has 1 heterocycles. The minimum absolute atomic E-state index is 0.0475. The number of nitrogens with one attached hydrogen (secondary N) is 2. The molecule has 0 spiro atoms. The highest BCUT2D eigenvalue weighted by Gasteiger charge is 2.32. The minimum atomic E-state index is -0.516. The van der Waals surface area contributed by atoms with Crippen molar-refractivity contribution in [3.63, 3.8) is 0 Å². The van der Waals surface area contributed by atoms with E-state index < -0.39 is 11.8 Å². The van der Waals surface area contributed by atoms with Crippen LogP contribution in [0.2, 0.25) is 0 Å². The molecule has 7 nitrogen and oxygen atoms in total. The van der Waals surface area contributed by atoms with Crippen LogP contribution in [0.3, 0.4) is 0 Å². The molecule has 2 aliphatic rings. The third-order valence-corrected chi connectivity index (χ3v) is 7.83. The van der Waals surface area contributed by atoms with Crippen LogP contribution >= 0.6 is 0 Å². The summed E-state index contributed by atoms with van der Waals surface area (Å²) in [5.74, 6) is 4.66. The summed E-state index contributed by atoms with van der Waals surface area (Å²) in [5, 5.41) is 10.2. The molecule has 3 N–H and O–H groups in total. The number of aromatic nitrogens is 1. The van der Waals surface area contributed by atoms with Crippen molar-refractivity contribution in [1.82, 2.24) is 15.4 Å². The second-order valence-electron chi connectivity index (χ2n) is 10.3. The van der Waals surface area contributed by atoms with Gasteiger partial charge in [-0.2, -0.15) is 0 Å². The summed E-state index contributed by atoms with van der Waals surface area (Å²) in [6.07, 6.45) is 8.30. The smallest absolute Gasteiger partial charge is 0.308 e. The number of carbonyl (C=O) groups is 2. The standard InChI is InChI=1S/C31H35N3O4/c35-30(33-37)28-15-14-26(28)23-12-10-22(11-13-23)21-34(18-19-38-31(36)24-6-2-1-3-7-24)17-16-25-20-32-29-9-5-4-8-27(25)29/h4-5,8-13,20,24,26,28,32,37H,1-3,6-7,16-19,21H2,(H,33,35). The minimum Gasteiger partial charge on any atom is -0.464 e. The molecule has 38 heavy (non-hydrogen) atoms. The van der Waals surface area contributed by atoms with Crippen LogP contribution in [0, 0.1) is 23.7 Å². The van der Waals surface area contributed by atoms with Gasteiger partial charge in [-0.3, -0.25) is 19.7 Å². The van der Waals surface area contributed by atoms with Gasteiger partial charge in [0.25, 0.3) is 5.91 Å². The lowest BCUT2D eigenvalue weighted by Crippen LogP contribution is -2.34. The molecule has 2 atom stereocenters. The van der Waals surface area contributed by atoms with Crippen LogP contribution in [0.25, 0.3) is 10.9 Å². The van der Waals surface area contributed by atoms with Gasteiger partial charge in [-0.15, -0.1) is 0 Å². The molecule has 3 aromatic rings. The summed E-state index contributed by atoms with van der Waals surface area (Å²) in [4.78, 5) is 30.0. The molecule has 1 amide bonds. The fourth-order valence-corrected chi connectivity index (χ4v) is 5.52. The first-order valence-corrected chi connectivity index (χ1v) is 13.6. The van der Waals surface area contributed by atoms with E-state index in [2.05, 4.69) is 58.3 Å². The molecule has 2 unspecified atom stereocenters. The Bertz CT molecular complexity index is 1310. The number of esters is 1. The monoisotopic (exact) mass is 513 g/mol. The van der Waals surface area contributed by atoms with E-state index in [1.807, 2.05) is 18.2 Å². The zero-order chi connectivity index (χ0) is 26.3. The van der Waals surface area contributed by atoms with Crippen molar-refractivity contribution in [1.29, 1.82) is 0 Å². The van der Waals surface area contributed by atoms with Crippen LogP contribution in [0.4, 0.5) is 0 Å². The summed E-state index contributed by atoms with van der Waals surface area (Å²) < 4.78 is 5.71. The third kappa shape index (κ3) is 6.09. The molecule has 0 saturated heterocycles. The van der Waals surface area contributed by atoms with Crippen LogP contribution in [-0.2, 0) is 27.3 Å². The van der Waals surface area contributed by atoms with E-state index in [1.165, 1.54) is 17.4 Å². The lowest BCUT2D eigenvalue weighted by Gasteiger charge is -2.25. The van der Waals surface area contributed by atoms with Crippen LogP contribution < -0.4 is 5.48 Å². The lowest BCUT2D eigenvalue weighted by atomic mass is 9.79. The molecule has 2 aromatic carbocycles. The molecule has 0 bridgehead atoms. The Labute approximate surface area is 223 Å². The Morgan fingerprint density at radius 3 is 2.55 bits per heavy atom. The van der Waals surface area contributed by atoms with Gasteiger partial charge in [0, 0.05) is 36.7 Å². The number of aromatic amines is 1. The first kappa shape index (κ1) is 26.0. The van der Waals surface area contributed by atoms with Gasteiger partial charge >= 0.3 is 5.97 Å². The van der Waals surface area contributed by atoms with E-state index in [9.17, 15) is 9.59 Å². The zero-order valence-corrected chi connectivity index (χ0v) is 21.6. The predicted molar refractivity (Wildman–Crippen MR) is 145 cm³/mol. The molecular formula is C31H35N3O4. The summed E-state index contributed by atoms with van der Waals surface area (Å²) in [5.41, 5.74) is 6.22. The predicted octanol–water partition coefficient (Wildman–Crippen LogP) is 4.56. The van der Waals surface area contributed by atoms with Gasteiger partial charge in [0.15, 0.2) is 0 Å². The third-order valence-electron chi connectivity index (χ3n) is 7.83. The Hall–Kier alpha value is -3.60. The Kier molecular flexibility index (Phi) is 8.42. The molecule has 0 radical (unpaired) electrons. The van der Waals surface area contributed by atoms with Crippen molar-refractivity contribution in [3.05, 3.63) is 71.4 Å². The Morgan fingerprint density at radius 2 is 1.82 bits per heavy atom. The fourth-order valence-electron chi connectivity index (χ4n) is 5.52. The number of hydroxylamine groups is 1. The van der Waals surface area contributed by atoms with Gasteiger partial charge < -0.3 is 9.72 Å². The second kappa shape index (κ2) is 12.3. The molecule has 2 aliphatic carbocycles. The van der Waals surface area contributed by atoms with E-state index in [-0.39, 0.29) is 17.8 Å². The number of para-hydroxylation sites is 1. The average molecular weight is 514 g/mol. The van der Waals surface area contributed by atoms with Gasteiger partial charge in [0.05, 0.1) is 11.8 Å². The molecule has 7 heteroatoms. The number of rotatable bonds is 11. The first-order chi connectivity index (χ1) is 18.6. The second-order valence-corrected chi connectivity index (χ2v) is 10.3. The number of fused-ring (bicyclic) bond motifs is 1. The largest absolute Gasteiger partial charge is 0.464 e. The van der Waals surface area contributed by atoms with E-state index >= 15 is 0 Å². The maximum Gasteiger partial charge on any atom is 0.308 e. The fraction of sp³-hybridized carbons (Fsp3) is 0.419. The van der Waals surface area contributed by atoms with E-state index in [1.54, 1.807) is 5.48 Å². The van der Waals surface area contributed by atoms with Crippen molar-refractivity contribution in [2.24, 2.45) is 11.8 Å². The molecule has 1 fully saturated rings. The number of hydrogen-bond donors (Lipinski definition) is 3. The van der Waals surface area contributed by atoms with Gasteiger partial charge in [0.1, 0.15) is 12.5 Å². The number of ether oxygens (including phenoxy) is 1. The lowest BCUT2D eigenvalue weighted by molar-refractivity contribution is -0.150. The molecule has 1 saturated carbocycles. The van der Waals surface area contributed by atoms with Crippen molar-refractivity contribution in [3.8, 4) is 11.8 Å². The number of carbonyl (C=O) groups excluding carboxylic acids is 2. The zero-order valence-electron chi connectivity index (χ0n) is 21.6. The van der Waals surface area contributed by atoms with Crippen molar-refractivity contribution >= 4 is 22.8 Å². The molecule has 0 aliphatic heterocycles. The SMILES string of the molecule is O=C(OCCN(CCc1c[nH]c2ccccc12)Cc1ccc(C2C#CC2C(=O)NO)cc1)C1CCCCC1. The van der Waals surface area contributed by atoms with Crippen molar-refractivity contribution < 1.29 is 19.5 Å². The molecule has 5 rings (SSSR count). The highest BCUT2D eigenvalue weighted by atomic mass is 16.5. The maximum absolute atomic E-state index is 12.6. The van der Waals surface area contributed by atoms with Crippen molar-refractivity contribution in [2.45, 2.75) is 51.0 Å². The van der Waals surface area contributed by atoms with Crippen LogP contribution in [0.1, 0.15) is 54.7 Å². The maximum atomic E-state index is 12.6. The van der Waals surface area contributed by atoms with Crippen LogP contribution in [0.5, 0.6) is 0 Å². The van der Waals surface area contributed by atoms with Crippen LogP contribution in [0.15, 0.2) is 54.7 Å². The number of H-pyrrole nitrogens is 1. The summed E-state index contributed by atoms with van der Waals surface area (Å²) in [6.45, 7) is 2.60. The first-order valence-electron chi connectivity index (χ1n) is 13.6. The normalized spacial score (nSPS) is 19.0. The molecular weight excluding hydrogens is 478 g/mol. The number of amides is 1. The quantitative estimate of drug-likeness (QED) is 0.151. The van der Waals surface area contributed by atoms with Crippen molar-refractivity contribution in [2.75, 3.05) is 19.7 Å². The topological polar surface area (TPSA) is 94.7 Å². The van der Waals surface area contributed by atoms with E-state index in [0.717, 1.165) is 61.8 Å². The van der Waals surface area contributed by atoms with Gasteiger partial charge in [0.2, 0.25) is 0 Å². The van der Waals surface area contributed by atoms with Gasteiger partial charge in [-0.25, -0.2) is 5.48 Å². The van der Waals surface area contributed by atoms with Gasteiger partial charge in [-0.05, 0) is 42.0 Å². The van der Waals surface area contributed by atoms with Crippen LogP contribution in [-0.4, -0.2) is 46.7 Å². The average Bonchev–Trinajstić information content (AvgIpc) is 3.35. The summed E-state index contributed by atoms with van der Waals surface area (Å²) in [6, 6.07) is 16.5. The number of benzene rings is 2.